The maximum Gasteiger partial charge on any atom is 0.224 e. The largest absolute Gasteiger partial charge is 0.325 e. The zero-order chi connectivity index (χ0) is 22.7. The molecule has 0 heterocycles. The Morgan fingerprint density at radius 1 is 0.750 bits per heavy atom. The van der Waals surface area contributed by atoms with Gasteiger partial charge in [-0.1, -0.05) is 66.7 Å². The van der Waals surface area contributed by atoms with Gasteiger partial charge in [0.15, 0.2) is 21.4 Å². The van der Waals surface area contributed by atoms with E-state index in [9.17, 15) is 22.8 Å². The molecule has 0 aliphatic heterocycles. The highest BCUT2D eigenvalue weighted by molar-refractivity contribution is 7.90. The number of anilines is 1. The van der Waals surface area contributed by atoms with Crippen LogP contribution in [0, 0.1) is 0 Å². The van der Waals surface area contributed by atoms with Gasteiger partial charge in [-0.2, -0.15) is 0 Å². The fraction of sp³-hybridized carbons (Fsp3) is 0.160. The van der Waals surface area contributed by atoms with Gasteiger partial charge in [-0.3, -0.25) is 14.4 Å². The summed E-state index contributed by atoms with van der Waals surface area (Å²) in [6.07, 6.45) is 0.141. The van der Waals surface area contributed by atoms with Crippen molar-refractivity contribution in [2.45, 2.75) is 18.6 Å². The van der Waals surface area contributed by atoms with Crippen molar-refractivity contribution in [3.8, 4) is 0 Å². The summed E-state index contributed by atoms with van der Waals surface area (Å²) in [5.74, 6) is -1.19. The Kier molecular flexibility index (Phi) is 6.01. The van der Waals surface area contributed by atoms with Crippen molar-refractivity contribution < 1.29 is 22.8 Å². The highest BCUT2D eigenvalue weighted by Crippen LogP contribution is 2.32. The average molecular weight is 448 g/mol. The lowest BCUT2D eigenvalue weighted by Gasteiger charge is -2.20. The third kappa shape index (κ3) is 4.53. The number of sulfone groups is 1. The molecule has 0 saturated carbocycles. The van der Waals surface area contributed by atoms with Crippen LogP contribution in [-0.2, 0) is 20.4 Å². The lowest BCUT2D eigenvalue weighted by atomic mass is 9.83. The quantitative estimate of drug-likeness (QED) is 0.465. The van der Waals surface area contributed by atoms with Crippen molar-refractivity contribution in [3.05, 3.63) is 101 Å². The first-order valence-corrected chi connectivity index (χ1v) is 12.0. The Bertz CT molecular complexity index is 1310. The summed E-state index contributed by atoms with van der Waals surface area (Å²) in [5.41, 5.74) is 2.03. The summed E-state index contributed by atoms with van der Waals surface area (Å²) in [5, 5.41) is 2.68. The third-order valence-corrected chi connectivity index (χ3v) is 7.00. The molecule has 0 fully saturated rings. The maximum atomic E-state index is 13.0. The van der Waals surface area contributed by atoms with E-state index in [1.165, 1.54) is 0 Å². The van der Waals surface area contributed by atoms with E-state index in [0.29, 0.717) is 16.7 Å². The molecule has 32 heavy (non-hydrogen) atoms. The molecule has 6 nitrogen and oxygen atoms in total. The minimum absolute atomic E-state index is 0.0174. The van der Waals surface area contributed by atoms with Crippen LogP contribution < -0.4 is 5.32 Å². The van der Waals surface area contributed by atoms with Crippen LogP contribution in [0.5, 0.6) is 0 Å². The van der Waals surface area contributed by atoms with Crippen molar-refractivity contribution in [3.63, 3.8) is 0 Å². The van der Waals surface area contributed by atoms with Crippen LogP contribution in [0.1, 0.15) is 50.2 Å². The standard InChI is InChI=1S/C25H21NO5S/c27-22(14-7-15-32(30,31)16-17-8-2-1-3-9-17)26-21-13-6-12-20-23(21)25(29)19-11-5-4-10-18(19)24(20)28/h1-6,8-13H,7,14-16H2,(H,26,27). The van der Waals surface area contributed by atoms with Crippen LogP contribution in [-0.4, -0.2) is 31.6 Å². The summed E-state index contributed by atoms with van der Waals surface area (Å²) < 4.78 is 24.6. The molecule has 0 atom stereocenters. The van der Waals surface area contributed by atoms with Crippen molar-refractivity contribution in [1.82, 2.24) is 0 Å². The van der Waals surface area contributed by atoms with E-state index in [-0.39, 0.29) is 52.7 Å². The van der Waals surface area contributed by atoms with Crippen LogP contribution in [0.15, 0.2) is 72.8 Å². The summed E-state index contributed by atoms with van der Waals surface area (Å²) in [4.78, 5) is 38.3. The van der Waals surface area contributed by atoms with Gasteiger partial charge in [0.05, 0.1) is 22.8 Å². The molecule has 0 bridgehead atoms. The molecule has 0 unspecified atom stereocenters. The molecule has 4 rings (SSSR count). The van der Waals surface area contributed by atoms with Crippen molar-refractivity contribution >= 4 is 33.0 Å². The Balaban J connectivity index is 1.43. The molecule has 7 heteroatoms. The van der Waals surface area contributed by atoms with Gasteiger partial charge in [0.1, 0.15) is 0 Å². The van der Waals surface area contributed by atoms with Crippen LogP contribution >= 0.6 is 0 Å². The predicted octanol–water partition coefficient (Wildman–Crippen LogP) is 3.80. The zero-order valence-electron chi connectivity index (χ0n) is 17.2. The Morgan fingerprint density at radius 2 is 1.38 bits per heavy atom. The van der Waals surface area contributed by atoms with Crippen molar-refractivity contribution in [2.75, 3.05) is 11.1 Å². The molecule has 0 aromatic heterocycles. The third-order valence-electron chi connectivity index (χ3n) is 5.32. The first-order chi connectivity index (χ1) is 15.4. The number of hydrogen-bond donors (Lipinski definition) is 1. The van der Waals surface area contributed by atoms with Crippen molar-refractivity contribution in [2.24, 2.45) is 0 Å². The Morgan fingerprint density at radius 3 is 2.09 bits per heavy atom. The molecule has 0 saturated heterocycles. The lowest BCUT2D eigenvalue weighted by Crippen LogP contribution is -2.24. The van der Waals surface area contributed by atoms with E-state index in [2.05, 4.69) is 5.32 Å². The van der Waals surface area contributed by atoms with E-state index in [0.717, 1.165) is 0 Å². The first kappa shape index (κ1) is 21.6. The van der Waals surface area contributed by atoms with Gasteiger partial charge in [-0.25, -0.2) is 8.42 Å². The molecule has 3 aromatic rings. The number of carbonyl (C=O) groups is 3. The van der Waals surface area contributed by atoms with Crippen LogP contribution in [0.3, 0.4) is 0 Å². The number of rotatable bonds is 7. The minimum Gasteiger partial charge on any atom is -0.325 e. The highest BCUT2D eigenvalue weighted by Gasteiger charge is 2.31. The number of hydrogen-bond acceptors (Lipinski definition) is 5. The van der Waals surface area contributed by atoms with E-state index in [1.807, 2.05) is 6.07 Å². The molecular weight excluding hydrogens is 426 g/mol. The second-order valence-corrected chi connectivity index (χ2v) is 9.85. The molecule has 1 N–H and O–H groups in total. The lowest BCUT2D eigenvalue weighted by molar-refractivity contribution is -0.116. The summed E-state index contributed by atoms with van der Waals surface area (Å²) >= 11 is 0. The fourth-order valence-electron chi connectivity index (χ4n) is 3.81. The van der Waals surface area contributed by atoms with Gasteiger partial charge in [-0.15, -0.1) is 0 Å². The van der Waals surface area contributed by atoms with E-state index >= 15 is 0 Å². The van der Waals surface area contributed by atoms with Crippen LogP contribution in [0.2, 0.25) is 0 Å². The predicted molar refractivity (Wildman–Crippen MR) is 122 cm³/mol. The monoisotopic (exact) mass is 447 g/mol. The molecule has 1 amide bonds. The van der Waals surface area contributed by atoms with Crippen LogP contribution in [0.25, 0.3) is 0 Å². The molecule has 0 spiro atoms. The smallest absolute Gasteiger partial charge is 0.224 e. The van der Waals surface area contributed by atoms with Gasteiger partial charge in [-0.05, 0) is 18.1 Å². The number of ketones is 2. The van der Waals surface area contributed by atoms with Gasteiger partial charge < -0.3 is 5.32 Å². The summed E-state index contributed by atoms with van der Waals surface area (Å²) in [6.45, 7) is 0. The van der Waals surface area contributed by atoms with E-state index in [4.69, 9.17) is 0 Å². The number of carbonyl (C=O) groups excluding carboxylic acids is 3. The van der Waals surface area contributed by atoms with Crippen molar-refractivity contribution in [1.29, 1.82) is 0 Å². The SMILES string of the molecule is O=C(CCCS(=O)(=O)Cc1ccccc1)Nc1cccc2c1C(=O)c1ccccc1C2=O. The van der Waals surface area contributed by atoms with Crippen LogP contribution in [0.4, 0.5) is 5.69 Å². The molecule has 0 radical (unpaired) electrons. The van der Waals surface area contributed by atoms with E-state index in [1.54, 1.807) is 66.7 Å². The van der Waals surface area contributed by atoms with E-state index < -0.39 is 15.7 Å². The van der Waals surface area contributed by atoms with Gasteiger partial charge in [0.25, 0.3) is 0 Å². The number of benzene rings is 3. The molecule has 1 aliphatic carbocycles. The van der Waals surface area contributed by atoms with Gasteiger partial charge in [0.2, 0.25) is 5.91 Å². The Hall–Kier alpha value is -3.58. The zero-order valence-corrected chi connectivity index (χ0v) is 18.0. The topological polar surface area (TPSA) is 97.4 Å². The normalized spacial score (nSPS) is 12.8. The number of amides is 1. The molecule has 3 aromatic carbocycles. The first-order valence-electron chi connectivity index (χ1n) is 10.2. The Labute approximate surface area is 186 Å². The summed E-state index contributed by atoms with van der Waals surface area (Å²) in [7, 11) is -3.35. The minimum atomic E-state index is -3.35. The number of nitrogens with one attached hydrogen (secondary N) is 1. The molecular formula is C25H21NO5S. The second-order valence-electron chi connectivity index (χ2n) is 7.66. The second kappa shape index (κ2) is 8.88. The summed E-state index contributed by atoms with van der Waals surface area (Å²) in [6, 6.07) is 20.2. The van der Waals surface area contributed by atoms with Gasteiger partial charge in [0, 0.05) is 23.1 Å². The fourth-order valence-corrected chi connectivity index (χ4v) is 5.24. The number of fused-ring (bicyclic) bond motifs is 2. The average Bonchev–Trinajstić information content (AvgIpc) is 2.77. The molecule has 162 valence electrons. The maximum absolute atomic E-state index is 13.0. The van der Waals surface area contributed by atoms with Gasteiger partial charge >= 0.3 is 0 Å². The molecule has 1 aliphatic rings. The highest BCUT2D eigenvalue weighted by atomic mass is 32.2.